The maximum Gasteiger partial charge on any atom is 0.270 e. The molecule has 3 N–H and O–H groups in total. The SMILES string of the molecule is COc1cc2c(NS(=O)(=O)c3c(OC)cc(N4CCN(C)C(=O)C4)cc3OC)noc2cc1Nc1cc(C2CC2)[nH]n1. The molecule has 2 fully saturated rings. The minimum Gasteiger partial charge on any atom is -0.495 e. The molecule has 1 saturated carbocycles. The Morgan fingerprint density at radius 3 is 2.36 bits per heavy atom. The average Bonchev–Trinajstić information content (AvgIpc) is 3.62. The topological polar surface area (TPSA) is 164 Å². The van der Waals surface area contributed by atoms with Crippen LogP contribution in [0.3, 0.4) is 0 Å². The van der Waals surface area contributed by atoms with E-state index < -0.39 is 10.0 Å². The largest absolute Gasteiger partial charge is 0.495 e. The first-order chi connectivity index (χ1) is 20.2. The van der Waals surface area contributed by atoms with Crippen LogP contribution in [0.4, 0.5) is 23.0 Å². The van der Waals surface area contributed by atoms with Crippen LogP contribution in [-0.4, -0.2) is 82.6 Å². The number of likely N-dealkylation sites (N-methyl/N-ethyl adjacent to an activating group) is 1. The van der Waals surface area contributed by atoms with E-state index in [1.165, 1.54) is 21.3 Å². The number of carbonyl (C=O) groups excluding carboxylic acids is 1. The van der Waals surface area contributed by atoms with Crippen molar-refractivity contribution >= 4 is 49.9 Å². The molecule has 4 aromatic rings. The van der Waals surface area contributed by atoms with Crippen LogP contribution >= 0.6 is 0 Å². The van der Waals surface area contributed by atoms with Crippen LogP contribution < -0.4 is 29.1 Å². The number of aromatic amines is 1. The molecule has 2 aromatic carbocycles. The van der Waals surface area contributed by atoms with E-state index in [4.69, 9.17) is 18.7 Å². The van der Waals surface area contributed by atoms with E-state index in [0.717, 1.165) is 18.5 Å². The number of fused-ring (bicyclic) bond motifs is 1. The number of sulfonamides is 1. The second kappa shape index (κ2) is 10.6. The lowest BCUT2D eigenvalue weighted by atomic mass is 10.2. The summed E-state index contributed by atoms with van der Waals surface area (Å²) in [4.78, 5) is 15.5. The van der Waals surface area contributed by atoms with Crippen LogP contribution in [0.2, 0.25) is 0 Å². The maximum atomic E-state index is 13.7. The Morgan fingerprint density at radius 2 is 1.71 bits per heavy atom. The summed E-state index contributed by atoms with van der Waals surface area (Å²) in [6.45, 7) is 1.26. The standard InChI is InChI=1S/C27H31N7O7S/c1-33-7-8-34(14-25(33)35)16-9-22(39-3)26(23(10-16)40-4)42(36,37)32-27-17-11-21(38-2)19(12-20(17)41-31-27)28-24-13-18(29-30-24)15-5-6-15/h9-13,15H,5-8,14H2,1-4H3,(H,31,32)(H2,28,29,30). The van der Waals surface area contributed by atoms with Crippen LogP contribution in [0.25, 0.3) is 11.0 Å². The van der Waals surface area contributed by atoms with E-state index in [1.807, 2.05) is 11.0 Å². The van der Waals surface area contributed by atoms with Gasteiger partial charge in [0.1, 0.15) is 17.2 Å². The minimum absolute atomic E-state index is 0.0384. The summed E-state index contributed by atoms with van der Waals surface area (Å²) in [5.74, 6) is 1.59. The molecule has 0 bridgehead atoms. The fourth-order valence-electron chi connectivity index (χ4n) is 4.92. The molecular weight excluding hydrogens is 566 g/mol. The van der Waals surface area contributed by atoms with E-state index in [-0.39, 0.29) is 34.7 Å². The van der Waals surface area contributed by atoms with Gasteiger partial charge in [0.15, 0.2) is 22.1 Å². The highest BCUT2D eigenvalue weighted by Crippen LogP contribution is 2.42. The monoisotopic (exact) mass is 597 g/mol. The number of rotatable bonds is 10. The number of amides is 1. The second-order valence-corrected chi connectivity index (χ2v) is 11.8. The van der Waals surface area contributed by atoms with Gasteiger partial charge in [-0.25, -0.2) is 8.42 Å². The fraction of sp³-hybridized carbons (Fsp3) is 0.370. The number of methoxy groups -OCH3 is 3. The summed E-state index contributed by atoms with van der Waals surface area (Å²) in [7, 11) is 1.69. The van der Waals surface area contributed by atoms with Gasteiger partial charge in [0.05, 0.1) is 38.9 Å². The lowest BCUT2D eigenvalue weighted by Crippen LogP contribution is -2.48. The van der Waals surface area contributed by atoms with Crippen LogP contribution in [-0.2, 0) is 14.8 Å². The molecule has 0 radical (unpaired) electrons. The summed E-state index contributed by atoms with van der Waals surface area (Å²) in [6.07, 6.45) is 2.29. The first-order valence-corrected chi connectivity index (χ1v) is 14.8. The number of benzene rings is 2. The van der Waals surface area contributed by atoms with Gasteiger partial charge in [0.2, 0.25) is 5.91 Å². The molecule has 0 unspecified atom stereocenters. The van der Waals surface area contributed by atoms with Crippen molar-refractivity contribution in [1.82, 2.24) is 20.3 Å². The number of anilines is 4. The zero-order chi connectivity index (χ0) is 29.6. The molecule has 1 saturated heterocycles. The van der Waals surface area contributed by atoms with Crippen molar-refractivity contribution < 1.29 is 31.9 Å². The fourth-order valence-corrected chi connectivity index (χ4v) is 6.24. The number of carbonyl (C=O) groups is 1. The normalized spacial score (nSPS) is 15.7. The highest BCUT2D eigenvalue weighted by molar-refractivity contribution is 7.93. The molecule has 3 heterocycles. The second-order valence-electron chi connectivity index (χ2n) is 10.2. The molecule has 1 aliphatic carbocycles. The molecule has 15 heteroatoms. The molecule has 2 aliphatic rings. The number of piperazine rings is 1. The molecular formula is C27H31N7O7S. The van der Waals surface area contributed by atoms with Gasteiger partial charge >= 0.3 is 0 Å². The van der Waals surface area contributed by atoms with Crippen molar-refractivity contribution in [2.24, 2.45) is 0 Å². The minimum atomic E-state index is -4.29. The molecule has 14 nitrogen and oxygen atoms in total. The van der Waals surface area contributed by atoms with E-state index in [2.05, 4.69) is 25.4 Å². The number of H-pyrrole nitrogens is 1. The number of nitrogens with one attached hydrogen (secondary N) is 3. The summed E-state index contributed by atoms with van der Waals surface area (Å²) >= 11 is 0. The van der Waals surface area contributed by atoms with E-state index in [1.54, 1.807) is 36.2 Å². The molecule has 222 valence electrons. The van der Waals surface area contributed by atoms with Crippen LogP contribution in [0.1, 0.15) is 24.5 Å². The van der Waals surface area contributed by atoms with Crippen molar-refractivity contribution in [2.75, 3.05) is 63.0 Å². The zero-order valence-corrected chi connectivity index (χ0v) is 24.4. The Morgan fingerprint density at radius 1 is 1.00 bits per heavy atom. The third-order valence-corrected chi connectivity index (χ3v) is 8.84. The molecule has 1 amide bonds. The Hall–Kier alpha value is -4.66. The molecule has 1 aliphatic heterocycles. The van der Waals surface area contributed by atoms with Crippen molar-refractivity contribution in [3.05, 3.63) is 36.0 Å². The van der Waals surface area contributed by atoms with E-state index in [9.17, 15) is 13.2 Å². The smallest absolute Gasteiger partial charge is 0.270 e. The van der Waals surface area contributed by atoms with Gasteiger partial charge in [-0.15, -0.1) is 0 Å². The van der Waals surface area contributed by atoms with E-state index in [0.29, 0.717) is 52.9 Å². The van der Waals surface area contributed by atoms with Crippen molar-refractivity contribution in [3.63, 3.8) is 0 Å². The van der Waals surface area contributed by atoms with Gasteiger partial charge in [0, 0.05) is 61.7 Å². The number of ether oxygens (including phenoxy) is 3. The quantitative estimate of drug-likeness (QED) is 0.246. The number of hydrogen-bond acceptors (Lipinski definition) is 11. The molecule has 6 rings (SSSR count). The predicted octanol–water partition coefficient (Wildman–Crippen LogP) is 3.28. The highest BCUT2D eigenvalue weighted by Gasteiger charge is 2.31. The Labute approximate surface area is 241 Å². The summed E-state index contributed by atoms with van der Waals surface area (Å²) in [6, 6.07) is 8.39. The first-order valence-electron chi connectivity index (χ1n) is 13.3. The van der Waals surface area contributed by atoms with Crippen molar-refractivity contribution in [3.8, 4) is 17.2 Å². The third kappa shape index (κ3) is 5.11. The lowest BCUT2D eigenvalue weighted by Gasteiger charge is -2.34. The van der Waals surface area contributed by atoms with Gasteiger partial charge in [-0.3, -0.25) is 14.6 Å². The first kappa shape index (κ1) is 27.5. The predicted molar refractivity (Wildman–Crippen MR) is 155 cm³/mol. The molecule has 42 heavy (non-hydrogen) atoms. The van der Waals surface area contributed by atoms with Gasteiger partial charge in [-0.2, -0.15) is 5.10 Å². The van der Waals surface area contributed by atoms with Crippen LogP contribution in [0, 0.1) is 0 Å². The molecule has 2 aromatic heterocycles. The van der Waals surface area contributed by atoms with E-state index >= 15 is 0 Å². The molecule has 0 atom stereocenters. The number of nitrogens with zero attached hydrogens (tertiary/aromatic N) is 4. The molecule has 0 spiro atoms. The summed E-state index contributed by atoms with van der Waals surface area (Å²) in [5, 5.41) is 14.9. The van der Waals surface area contributed by atoms with Crippen LogP contribution in [0.5, 0.6) is 17.2 Å². The van der Waals surface area contributed by atoms with Crippen molar-refractivity contribution in [2.45, 2.75) is 23.7 Å². The lowest BCUT2D eigenvalue weighted by molar-refractivity contribution is -0.129. The van der Waals surface area contributed by atoms with Gasteiger partial charge in [0.25, 0.3) is 10.0 Å². The summed E-state index contributed by atoms with van der Waals surface area (Å²) < 4.78 is 52.0. The Bertz CT molecular complexity index is 1740. The Kier molecular flexibility index (Phi) is 6.96. The average molecular weight is 598 g/mol. The number of hydrogen-bond donors (Lipinski definition) is 3. The number of aromatic nitrogens is 3. The Balaban J connectivity index is 1.30. The van der Waals surface area contributed by atoms with Gasteiger partial charge < -0.3 is 33.9 Å². The maximum absolute atomic E-state index is 13.7. The summed E-state index contributed by atoms with van der Waals surface area (Å²) in [5.41, 5.74) is 2.57. The highest BCUT2D eigenvalue weighted by atomic mass is 32.2. The van der Waals surface area contributed by atoms with Crippen LogP contribution in [0.15, 0.2) is 39.8 Å². The van der Waals surface area contributed by atoms with Gasteiger partial charge in [-0.05, 0) is 18.9 Å². The van der Waals surface area contributed by atoms with Crippen molar-refractivity contribution in [1.29, 1.82) is 0 Å². The third-order valence-electron chi connectivity index (χ3n) is 7.44. The van der Waals surface area contributed by atoms with Gasteiger partial charge in [-0.1, -0.05) is 5.16 Å². The zero-order valence-electron chi connectivity index (χ0n) is 23.6.